The van der Waals surface area contributed by atoms with Gasteiger partial charge in [-0.15, -0.1) is 0 Å². The van der Waals surface area contributed by atoms with Gasteiger partial charge in [0.2, 0.25) is 11.8 Å². The third-order valence-corrected chi connectivity index (χ3v) is 7.22. The average Bonchev–Trinajstić information content (AvgIpc) is 2.95. The molecular formula is C29H36BFN6O5. The summed E-state index contributed by atoms with van der Waals surface area (Å²) >= 11 is 0. The third kappa shape index (κ3) is 7.46. The van der Waals surface area contributed by atoms with Crippen LogP contribution in [0.25, 0.3) is 0 Å². The van der Waals surface area contributed by atoms with Crippen molar-refractivity contribution < 1.29 is 28.3 Å². The zero-order chi connectivity index (χ0) is 30.2. The summed E-state index contributed by atoms with van der Waals surface area (Å²) in [5.41, 5.74) is 2.71. The third-order valence-electron chi connectivity index (χ3n) is 7.22. The molecule has 2 aromatic rings. The number of alkyl carbamates (subject to hydrolysis) is 1. The first-order chi connectivity index (χ1) is 20.2. The first-order valence-electron chi connectivity index (χ1n) is 13.9. The number of amides is 5. The number of piperazine rings is 1. The second-order valence-corrected chi connectivity index (χ2v) is 10.4. The Morgan fingerprint density at radius 2 is 1.90 bits per heavy atom. The molecule has 2 heterocycles. The lowest BCUT2D eigenvalue weighted by molar-refractivity contribution is -0.188. The van der Waals surface area contributed by atoms with Gasteiger partial charge in [0.15, 0.2) is 0 Å². The van der Waals surface area contributed by atoms with Crippen LogP contribution in [0.15, 0.2) is 61.2 Å². The van der Waals surface area contributed by atoms with Crippen molar-refractivity contribution in [2.45, 2.75) is 38.1 Å². The normalized spacial score (nSPS) is 18.9. The lowest BCUT2D eigenvalue weighted by atomic mass is 9.94. The number of carbonyl (C=O) groups excluding carboxylic acids is 4. The molecule has 2 atom stereocenters. The first kappa shape index (κ1) is 30.6. The van der Waals surface area contributed by atoms with Crippen molar-refractivity contribution in [3.8, 4) is 0 Å². The van der Waals surface area contributed by atoms with E-state index >= 15 is 0 Å². The highest BCUT2D eigenvalue weighted by Gasteiger charge is 2.50. The zero-order valence-corrected chi connectivity index (χ0v) is 23.9. The zero-order valence-electron chi connectivity index (χ0n) is 23.9. The molecule has 11 nitrogen and oxygen atoms in total. The Kier molecular flexibility index (Phi) is 10.2. The number of ether oxygens (including phenoxy) is 1. The molecule has 0 aliphatic carbocycles. The minimum absolute atomic E-state index is 0.0808. The number of urea groups is 1. The van der Waals surface area contributed by atoms with Gasteiger partial charge in [0.05, 0.1) is 13.1 Å². The van der Waals surface area contributed by atoms with Crippen molar-refractivity contribution in [1.82, 2.24) is 30.5 Å². The maximum atomic E-state index is 13.8. The largest absolute Gasteiger partial charge is 0.445 e. The SMILES string of the molecule is Bc1cccc(CN2C[C@H]3N(C(=O)CN(C)N3C(=O)NCc3ccc(F)cc3)[C@@H](CCCNC(=O)OCC=C)C2=O)c1. The minimum Gasteiger partial charge on any atom is -0.445 e. The smallest absolute Gasteiger partial charge is 0.407 e. The van der Waals surface area contributed by atoms with Gasteiger partial charge in [0.1, 0.15) is 32.5 Å². The molecule has 0 unspecified atom stereocenters. The first-order valence-corrected chi connectivity index (χ1v) is 13.9. The van der Waals surface area contributed by atoms with Crippen LogP contribution in [0.2, 0.25) is 0 Å². The Bertz CT molecular complexity index is 1310. The van der Waals surface area contributed by atoms with Crippen molar-refractivity contribution in [3.05, 3.63) is 78.1 Å². The number of nitrogens with zero attached hydrogens (tertiary/aromatic N) is 4. The molecule has 4 rings (SSSR count). The minimum atomic E-state index is -0.826. The molecule has 5 amide bonds. The van der Waals surface area contributed by atoms with E-state index in [1.807, 2.05) is 32.1 Å². The number of hydrogen-bond donors (Lipinski definition) is 2. The Labute approximate surface area is 245 Å². The predicted molar refractivity (Wildman–Crippen MR) is 156 cm³/mol. The van der Waals surface area contributed by atoms with Crippen molar-refractivity contribution in [2.24, 2.45) is 0 Å². The van der Waals surface area contributed by atoms with E-state index in [1.165, 1.54) is 28.1 Å². The molecule has 13 heteroatoms. The van der Waals surface area contributed by atoms with Crippen LogP contribution in [0.1, 0.15) is 24.0 Å². The Balaban J connectivity index is 1.54. The number of rotatable bonds is 10. The number of hydrazine groups is 1. The topological polar surface area (TPSA) is 115 Å². The average molecular weight is 578 g/mol. The fourth-order valence-electron chi connectivity index (χ4n) is 5.29. The van der Waals surface area contributed by atoms with Crippen molar-refractivity contribution in [3.63, 3.8) is 0 Å². The van der Waals surface area contributed by atoms with Gasteiger partial charge in [-0.1, -0.05) is 54.5 Å². The van der Waals surface area contributed by atoms with Crippen LogP contribution in [0.5, 0.6) is 0 Å². The molecule has 2 aliphatic rings. The van der Waals surface area contributed by atoms with Crippen molar-refractivity contribution >= 4 is 37.2 Å². The second kappa shape index (κ2) is 14.0. The van der Waals surface area contributed by atoms with Crippen LogP contribution >= 0.6 is 0 Å². The van der Waals surface area contributed by atoms with E-state index in [1.54, 1.807) is 29.1 Å². The van der Waals surface area contributed by atoms with Gasteiger partial charge < -0.3 is 25.2 Å². The molecule has 0 aromatic heterocycles. The molecule has 2 aromatic carbocycles. The fraction of sp³-hybridized carbons (Fsp3) is 0.379. The Hall–Kier alpha value is -4.39. The van der Waals surface area contributed by atoms with Gasteiger partial charge in [-0.25, -0.2) is 24.0 Å². The molecule has 2 aliphatic heterocycles. The number of benzene rings is 2. The summed E-state index contributed by atoms with van der Waals surface area (Å²) in [5, 5.41) is 8.52. The molecule has 0 bridgehead atoms. The monoisotopic (exact) mass is 578 g/mol. The summed E-state index contributed by atoms with van der Waals surface area (Å²) in [6.07, 6.45) is 0.804. The molecule has 2 saturated heterocycles. The quantitative estimate of drug-likeness (QED) is 0.244. The van der Waals surface area contributed by atoms with Gasteiger partial charge in [0.25, 0.3) is 0 Å². The van der Waals surface area contributed by atoms with Crippen molar-refractivity contribution in [2.75, 3.05) is 33.3 Å². The molecule has 0 saturated carbocycles. The highest BCUT2D eigenvalue weighted by molar-refractivity contribution is 6.32. The summed E-state index contributed by atoms with van der Waals surface area (Å²) in [6, 6.07) is 12.4. The molecule has 0 spiro atoms. The maximum absolute atomic E-state index is 13.8. The standard InChI is InChI=1S/C29H36BFN6O5/c1-3-14-42-29(41)32-13-5-8-24-27(39)35(17-21-6-4-7-22(30)15-21)18-25-36(24)26(38)19-34(2)37(25)28(40)33-16-20-9-11-23(31)12-10-20/h3-4,6-7,9-12,15,24-25H,1,5,8,13-14,16-19,30H2,2H3,(H,32,41)(H,33,40)/t24-,25-/m0/s1. The number of hydrogen-bond acceptors (Lipinski definition) is 6. The number of likely N-dealkylation sites (N-methyl/N-ethyl adjacent to an activating group) is 1. The molecular weight excluding hydrogens is 542 g/mol. The van der Waals surface area contributed by atoms with Crippen LogP contribution in [0.4, 0.5) is 14.0 Å². The van der Waals surface area contributed by atoms with Gasteiger partial charge in [-0.05, 0) is 36.1 Å². The molecule has 2 fully saturated rings. The Morgan fingerprint density at radius 1 is 1.14 bits per heavy atom. The van der Waals surface area contributed by atoms with E-state index in [2.05, 4.69) is 17.2 Å². The van der Waals surface area contributed by atoms with Gasteiger partial charge >= 0.3 is 12.1 Å². The highest BCUT2D eigenvalue weighted by Crippen LogP contribution is 2.28. The van der Waals surface area contributed by atoms with Gasteiger partial charge in [0, 0.05) is 26.7 Å². The van der Waals surface area contributed by atoms with E-state index in [0.29, 0.717) is 18.5 Å². The maximum Gasteiger partial charge on any atom is 0.407 e. The van der Waals surface area contributed by atoms with Gasteiger partial charge in [-0.3, -0.25) is 9.59 Å². The summed E-state index contributed by atoms with van der Waals surface area (Å²) in [6.45, 7) is 4.34. The van der Waals surface area contributed by atoms with Crippen LogP contribution in [0.3, 0.4) is 0 Å². The lowest BCUT2D eigenvalue weighted by Gasteiger charge is -2.54. The fourth-order valence-corrected chi connectivity index (χ4v) is 5.29. The highest BCUT2D eigenvalue weighted by atomic mass is 19.1. The van der Waals surface area contributed by atoms with E-state index in [9.17, 15) is 23.6 Å². The molecule has 222 valence electrons. The number of carbonyl (C=O) groups is 4. The van der Waals surface area contributed by atoms with E-state index in [0.717, 1.165) is 11.0 Å². The predicted octanol–water partition coefficient (Wildman–Crippen LogP) is 0.714. The number of nitrogens with one attached hydrogen (secondary N) is 2. The van der Waals surface area contributed by atoms with Crippen molar-refractivity contribution in [1.29, 1.82) is 0 Å². The summed E-state index contributed by atoms with van der Waals surface area (Å²) in [4.78, 5) is 55.7. The lowest BCUT2D eigenvalue weighted by Crippen LogP contribution is -2.75. The number of fused-ring (bicyclic) bond motifs is 1. The van der Waals surface area contributed by atoms with Crippen LogP contribution in [-0.4, -0.2) is 97.1 Å². The summed E-state index contributed by atoms with van der Waals surface area (Å²) in [5.74, 6) is -0.853. The Morgan fingerprint density at radius 3 is 2.62 bits per heavy atom. The van der Waals surface area contributed by atoms with Crippen LogP contribution in [0, 0.1) is 5.82 Å². The summed E-state index contributed by atoms with van der Waals surface area (Å²) < 4.78 is 18.3. The van der Waals surface area contributed by atoms with Gasteiger partial charge in [-0.2, -0.15) is 0 Å². The molecule has 2 N–H and O–H groups in total. The molecule has 42 heavy (non-hydrogen) atoms. The summed E-state index contributed by atoms with van der Waals surface area (Å²) in [7, 11) is 3.63. The molecule has 0 radical (unpaired) electrons. The van der Waals surface area contributed by atoms with Crippen LogP contribution < -0.4 is 16.1 Å². The van der Waals surface area contributed by atoms with E-state index in [4.69, 9.17) is 4.74 Å². The van der Waals surface area contributed by atoms with Crippen LogP contribution in [-0.2, 0) is 27.4 Å². The van der Waals surface area contributed by atoms with E-state index in [-0.39, 0.29) is 56.8 Å². The van der Waals surface area contributed by atoms with E-state index < -0.39 is 24.3 Å². The second-order valence-electron chi connectivity index (χ2n) is 10.4. The number of halogens is 1.